The lowest BCUT2D eigenvalue weighted by Crippen LogP contribution is -2.39. The standard InChI is InChI=1S/C15H19BrN2O2/c1-20-14-5-2-10(8-13(14)16)15(19)18-7-6-11-3-4-12(9-18)17-11/h2,5,8,11-12,17H,3-4,6-7,9H2,1H3. The molecule has 2 saturated heterocycles. The summed E-state index contributed by atoms with van der Waals surface area (Å²) in [5.74, 6) is 0.862. The van der Waals surface area contributed by atoms with Crippen molar-refractivity contribution in [1.29, 1.82) is 0 Å². The zero-order valence-corrected chi connectivity index (χ0v) is 13.1. The smallest absolute Gasteiger partial charge is 0.253 e. The summed E-state index contributed by atoms with van der Waals surface area (Å²) in [6, 6.07) is 6.58. The summed E-state index contributed by atoms with van der Waals surface area (Å²) in [7, 11) is 1.62. The molecule has 5 heteroatoms. The number of halogens is 1. The predicted molar refractivity (Wildman–Crippen MR) is 81.2 cm³/mol. The van der Waals surface area contributed by atoms with Crippen molar-refractivity contribution in [3.63, 3.8) is 0 Å². The number of carbonyl (C=O) groups is 1. The molecule has 2 heterocycles. The van der Waals surface area contributed by atoms with Gasteiger partial charge in [-0.15, -0.1) is 0 Å². The Morgan fingerprint density at radius 1 is 1.35 bits per heavy atom. The Kier molecular flexibility index (Phi) is 3.98. The molecule has 2 atom stereocenters. The Morgan fingerprint density at radius 3 is 2.90 bits per heavy atom. The highest BCUT2D eigenvalue weighted by Gasteiger charge is 2.31. The van der Waals surface area contributed by atoms with Crippen molar-refractivity contribution < 1.29 is 9.53 Å². The fourth-order valence-corrected chi connectivity index (χ4v) is 3.65. The van der Waals surface area contributed by atoms with E-state index in [-0.39, 0.29) is 5.91 Å². The largest absolute Gasteiger partial charge is 0.496 e. The minimum atomic E-state index is 0.114. The van der Waals surface area contributed by atoms with Crippen LogP contribution in [0, 0.1) is 0 Å². The molecule has 0 aliphatic carbocycles. The Balaban J connectivity index is 1.76. The molecule has 2 aliphatic heterocycles. The van der Waals surface area contributed by atoms with E-state index < -0.39 is 0 Å². The van der Waals surface area contributed by atoms with Gasteiger partial charge in [-0.25, -0.2) is 0 Å². The number of likely N-dealkylation sites (tertiary alicyclic amines) is 1. The van der Waals surface area contributed by atoms with Crippen LogP contribution in [0.5, 0.6) is 5.75 Å². The molecule has 0 saturated carbocycles. The second-order valence-corrected chi connectivity index (χ2v) is 6.38. The van der Waals surface area contributed by atoms with Gasteiger partial charge in [-0.3, -0.25) is 4.79 Å². The van der Waals surface area contributed by atoms with E-state index in [1.165, 1.54) is 12.8 Å². The lowest BCUT2D eigenvalue weighted by Gasteiger charge is -2.24. The van der Waals surface area contributed by atoms with E-state index in [9.17, 15) is 4.79 Å². The fraction of sp³-hybridized carbons (Fsp3) is 0.533. The Hall–Kier alpha value is -1.07. The maximum Gasteiger partial charge on any atom is 0.253 e. The number of ether oxygens (including phenoxy) is 1. The molecule has 1 amide bonds. The lowest BCUT2D eigenvalue weighted by molar-refractivity contribution is 0.0748. The maximum absolute atomic E-state index is 12.6. The molecule has 0 aromatic heterocycles. The summed E-state index contributed by atoms with van der Waals surface area (Å²) in [6.07, 6.45) is 3.49. The highest BCUT2D eigenvalue weighted by atomic mass is 79.9. The first-order valence-electron chi connectivity index (χ1n) is 7.06. The monoisotopic (exact) mass is 338 g/mol. The molecule has 4 nitrogen and oxygen atoms in total. The van der Waals surface area contributed by atoms with Gasteiger partial charge < -0.3 is 15.0 Å². The molecule has 20 heavy (non-hydrogen) atoms. The third-order valence-electron chi connectivity index (χ3n) is 4.21. The first-order valence-corrected chi connectivity index (χ1v) is 7.85. The molecule has 2 bridgehead atoms. The number of carbonyl (C=O) groups excluding carboxylic acids is 1. The number of benzene rings is 1. The van der Waals surface area contributed by atoms with Gasteiger partial charge in [0, 0.05) is 30.7 Å². The van der Waals surface area contributed by atoms with E-state index in [0.29, 0.717) is 12.1 Å². The quantitative estimate of drug-likeness (QED) is 0.900. The van der Waals surface area contributed by atoms with Gasteiger partial charge in [-0.1, -0.05) is 0 Å². The Morgan fingerprint density at radius 2 is 2.15 bits per heavy atom. The highest BCUT2D eigenvalue weighted by Crippen LogP contribution is 2.27. The van der Waals surface area contributed by atoms with Crippen LogP contribution in [0.3, 0.4) is 0 Å². The molecule has 2 unspecified atom stereocenters. The van der Waals surface area contributed by atoms with Crippen LogP contribution in [-0.4, -0.2) is 43.1 Å². The number of amides is 1. The van der Waals surface area contributed by atoms with Crippen LogP contribution in [0.15, 0.2) is 22.7 Å². The van der Waals surface area contributed by atoms with Crippen LogP contribution in [0.25, 0.3) is 0 Å². The van der Waals surface area contributed by atoms with Gasteiger partial charge in [-0.05, 0) is 53.4 Å². The van der Waals surface area contributed by atoms with Gasteiger partial charge in [0.2, 0.25) is 0 Å². The van der Waals surface area contributed by atoms with Gasteiger partial charge in [0.25, 0.3) is 5.91 Å². The van der Waals surface area contributed by atoms with Crippen LogP contribution in [-0.2, 0) is 0 Å². The summed E-state index contributed by atoms with van der Waals surface area (Å²) < 4.78 is 6.02. The van der Waals surface area contributed by atoms with E-state index in [1.807, 2.05) is 23.1 Å². The molecule has 0 radical (unpaired) electrons. The first kappa shape index (κ1) is 13.9. The summed E-state index contributed by atoms with van der Waals surface area (Å²) >= 11 is 3.44. The lowest BCUT2D eigenvalue weighted by atomic mass is 10.1. The SMILES string of the molecule is COc1ccc(C(=O)N2CCC3CCC(C2)N3)cc1Br. The topological polar surface area (TPSA) is 41.6 Å². The first-order chi connectivity index (χ1) is 9.67. The summed E-state index contributed by atoms with van der Waals surface area (Å²) in [5, 5.41) is 3.60. The molecule has 1 aromatic rings. The van der Waals surface area contributed by atoms with Gasteiger partial charge in [0.1, 0.15) is 5.75 Å². The van der Waals surface area contributed by atoms with Crippen molar-refractivity contribution in [2.45, 2.75) is 31.3 Å². The van der Waals surface area contributed by atoms with Crippen molar-refractivity contribution in [2.24, 2.45) is 0 Å². The van der Waals surface area contributed by atoms with Gasteiger partial charge in [0.05, 0.1) is 11.6 Å². The van der Waals surface area contributed by atoms with Crippen molar-refractivity contribution in [2.75, 3.05) is 20.2 Å². The maximum atomic E-state index is 12.6. The van der Waals surface area contributed by atoms with Crippen LogP contribution < -0.4 is 10.1 Å². The van der Waals surface area contributed by atoms with Gasteiger partial charge in [-0.2, -0.15) is 0 Å². The molecular formula is C15H19BrN2O2. The fourth-order valence-electron chi connectivity index (χ4n) is 3.11. The molecule has 2 aliphatic rings. The highest BCUT2D eigenvalue weighted by molar-refractivity contribution is 9.10. The zero-order chi connectivity index (χ0) is 14.1. The van der Waals surface area contributed by atoms with Crippen molar-refractivity contribution in [3.8, 4) is 5.75 Å². The van der Waals surface area contributed by atoms with Gasteiger partial charge in [0.15, 0.2) is 0 Å². The molecule has 3 rings (SSSR count). The minimum absolute atomic E-state index is 0.114. The van der Waals surface area contributed by atoms with Crippen molar-refractivity contribution in [3.05, 3.63) is 28.2 Å². The van der Waals surface area contributed by atoms with Crippen LogP contribution in [0.1, 0.15) is 29.6 Å². The summed E-state index contributed by atoms with van der Waals surface area (Å²) in [5.41, 5.74) is 0.718. The second kappa shape index (κ2) is 5.74. The number of methoxy groups -OCH3 is 1. The summed E-state index contributed by atoms with van der Waals surface area (Å²) in [4.78, 5) is 14.6. The molecule has 1 aromatic carbocycles. The molecule has 1 N–H and O–H groups in total. The number of hydrogen-bond acceptors (Lipinski definition) is 3. The molecule has 0 spiro atoms. The van der Waals surface area contributed by atoms with Crippen LogP contribution in [0.4, 0.5) is 0 Å². The zero-order valence-electron chi connectivity index (χ0n) is 11.6. The minimum Gasteiger partial charge on any atom is -0.496 e. The second-order valence-electron chi connectivity index (χ2n) is 5.53. The molecule has 2 fully saturated rings. The Bertz CT molecular complexity index is 521. The number of fused-ring (bicyclic) bond motifs is 2. The molecular weight excluding hydrogens is 320 g/mol. The third-order valence-corrected chi connectivity index (χ3v) is 4.83. The van der Waals surface area contributed by atoms with E-state index >= 15 is 0 Å². The van der Waals surface area contributed by atoms with Crippen LogP contribution >= 0.6 is 15.9 Å². The average Bonchev–Trinajstić information content (AvgIpc) is 2.77. The van der Waals surface area contributed by atoms with E-state index in [0.717, 1.165) is 35.3 Å². The van der Waals surface area contributed by atoms with Crippen molar-refractivity contribution in [1.82, 2.24) is 10.2 Å². The van der Waals surface area contributed by atoms with E-state index in [4.69, 9.17) is 4.74 Å². The number of rotatable bonds is 2. The van der Waals surface area contributed by atoms with Gasteiger partial charge >= 0.3 is 0 Å². The Labute approximate surface area is 127 Å². The summed E-state index contributed by atoms with van der Waals surface area (Å²) in [6.45, 7) is 1.66. The van der Waals surface area contributed by atoms with Crippen molar-refractivity contribution >= 4 is 21.8 Å². The molecule has 108 valence electrons. The normalized spacial score (nSPS) is 25.4. The third kappa shape index (κ3) is 2.69. The number of nitrogens with zero attached hydrogens (tertiary/aromatic N) is 1. The van der Waals surface area contributed by atoms with Crippen LogP contribution in [0.2, 0.25) is 0 Å². The average molecular weight is 339 g/mol. The number of nitrogens with one attached hydrogen (secondary N) is 1. The predicted octanol–water partition coefficient (Wildman–Crippen LogP) is 2.42. The van der Waals surface area contributed by atoms with E-state index in [1.54, 1.807) is 7.11 Å². The van der Waals surface area contributed by atoms with E-state index in [2.05, 4.69) is 21.2 Å². The number of hydrogen-bond donors (Lipinski definition) is 1.